The number of para-hydroxylation sites is 1. The molecule has 0 atom stereocenters. The topological polar surface area (TPSA) is 88.2 Å². The minimum Gasteiger partial charge on any atom is -0.322 e. The van der Waals surface area contributed by atoms with Crippen LogP contribution in [0.4, 0.5) is 5.69 Å². The van der Waals surface area contributed by atoms with E-state index in [9.17, 15) is 13.2 Å². The van der Waals surface area contributed by atoms with E-state index in [2.05, 4.69) is 10.0 Å². The summed E-state index contributed by atoms with van der Waals surface area (Å²) in [5, 5.41) is 3.70. The van der Waals surface area contributed by atoms with Crippen molar-refractivity contribution in [1.29, 1.82) is 0 Å². The molecule has 0 unspecified atom stereocenters. The van der Waals surface area contributed by atoms with Gasteiger partial charge in [0, 0.05) is 16.8 Å². The first kappa shape index (κ1) is 18.6. The largest absolute Gasteiger partial charge is 0.322 e. The molecule has 4 rings (SSSR count). The molecule has 0 bridgehead atoms. The molecule has 2 N–H and O–H groups in total. The van der Waals surface area contributed by atoms with Crippen LogP contribution in [-0.4, -0.2) is 26.4 Å². The molecule has 0 spiro atoms. The van der Waals surface area contributed by atoms with Gasteiger partial charge in [-0.05, 0) is 62.6 Å². The van der Waals surface area contributed by atoms with E-state index < -0.39 is 10.0 Å². The van der Waals surface area contributed by atoms with Crippen molar-refractivity contribution < 1.29 is 13.2 Å². The quantitative estimate of drug-likeness (QED) is 0.710. The Balaban J connectivity index is 1.78. The van der Waals surface area contributed by atoms with Crippen molar-refractivity contribution in [3.05, 3.63) is 64.8 Å². The SMILES string of the molecule is CNS(=O)(=O)c1cc(NC(=O)c2c3c(nc4ccccc24)CCC3)ccc1C. The number of aromatic nitrogens is 1. The minimum atomic E-state index is -3.61. The van der Waals surface area contributed by atoms with E-state index in [4.69, 9.17) is 4.98 Å². The van der Waals surface area contributed by atoms with Crippen LogP contribution in [0.5, 0.6) is 0 Å². The summed E-state index contributed by atoms with van der Waals surface area (Å²) in [6.45, 7) is 1.72. The van der Waals surface area contributed by atoms with Gasteiger partial charge in [0.25, 0.3) is 5.91 Å². The predicted molar refractivity (Wildman–Crippen MR) is 109 cm³/mol. The average molecular weight is 395 g/mol. The van der Waals surface area contributed by atoms with E-state index in [1.165, 1.54) is 13.1 Å². The van der Waals surface area contributed by atoms with Crippen molar-refractivity contribution in [3.63, 3.8) is 0 Å². The Bertz CT molecular complexity index is 1200. The van der Waals surface area contributed by atoms with Gasteiger partial charge in [0.2, 0.25) is 10.0 Å². The Morgan fingerprint density at radius 1 is 1.11 bits per heavy atom. The fourth-order valence-electron chi connectivity index (χ4n) is 3.74. The third kappa shape index (κ3) is 3.16. The molecule has 1 aromatic heterocycles. The molecule has 0 radical (unpaired) electrons. The Labute approximate surface area is 164 Å². The van der Waals surface area contributed by atoms with Crippen molar-refractivity contribution in [2.45, 2.75) is 31.1 Å². The van der Waals surface area contributed by atoms with Gasteiger partial charge in [0.15, 0.2) is 0 Å². The van der Waals surface area contributed by atoms with Crippen LogP contribution in [0.1, 0.15) is 33.6 Å². The summed E-state index contributed by atoms with van der Waals surface area (Å²) in [7, 11) is -2.24. The molecule has 1 aliphatic carbocycles. The number of aryl methyl sites for hydroxylation is 2. The smallest absolute Gasteiger partial charge is 0.256 e. The minimum absolute atomic E-state index is 0.151. The van der Waals surface area contributed by atoms with Gasteiger partial charge in [-0.3, -0.25) is 9.78 Å². The molecule has 1 amide bonds. The van der Waals surface area contributed by atoms with Crippen LogP contribution in [-0.2, 0) is 22.9 Å². The summed E-state index contributed by atoms with van der Waals surface area (Å²) in [6.07, 6.45) is 2.67. The highest BCUT2D eigenvalue weighted by atomic mass is 32.2. The van der Waals surface area contributed by atoms with Crippen LogP contribution < -0.4 is 10.0 Å². The molecule has 7 heteroatoms. The number of pyridine rings is 1. The van der Waals surface area contributed by atoms with Crippen molar-refractivity contribution >= 4 is 32.5 Å². The number of carbonyl (C=O) groups is 1. The van der Waals surface area contributed by atoms with Gasteiger partial charge in [-0.15, -0.1) is 0 Å². The molecule has 0 aliphatic heterocycles. The molecule has 1 heterocycles. The van der Waals surface area contributed by atoms with Crippen molar-refractivity contribution in [2.75, 3.05) is 12.4 Å². The number of fused-ring (bicyclic) bond motifs is 2. The monoisotopic (exact) mass is 395 g/mol. The maximum atomic E-state index is 13.2. The zero-order valence-electron chi connectivity index (χ0n) is 15.7. The molecule has 6 nitrogen and oxygen atoms in total. The van der Waals surface area contributed by atoms with Crippen LogP contribution in [0.15, 0.2) is 47.4 Å². The summed E-state index contributed by atoms with van der Waals surface area (Å²) in [5.74, 6) is -0.242. The molecule has 0 saturated heterocycles. The summed E-state index contributed by atoms with van der Waals surface area (Å²) < 4.78 is 26.8. The number of sulfonamides is 1. The zero-order chi connectivity index (χ0) is 19.9. The van der Waals surface area contributed by atoms with Crippen molar-refractivity contribution in [2.24, 2.45) is 0 Å². The number of benzene rings is 2. The number of nitrogens with zero attached hydrogens (tertiary/aromatic N) is 1. The molecule has 1 aliphatic rings. The predicted octanol–water partition coefficient (Wildman–Crippen LogP) is 3.19. The summed E-state index contributed by atoms with van der Waals surface area (Å²) in [4.78, 5) is 18.1. The van der Waals surface area contributed by atoms with Gasteiger partial charge in [-0.1, -0.05) is 24.3 Å². The summed E-state index contributed by atoms with van der Waals surface area (Å²) >= 11 is 0. The molecule has 2 aromatic carbocycles. The first-order chi connectivity index (χ1) is 13.4. The van der Waals surface area contributed by atoms with E-state index in [-0.39, 0.29) is 10.8 Å². The molecular formula is C21H21N3O3S. The highest BCUT2D eigenvalue weighted by Crippen LogP contribution is 2.31. The first-order valence-electron chi connectivity index (χ1n) is 9.17. The normalized spacial score (nSPS) is 13.5. The number of hydrogen-bond acceptors (Lipinski definition) is 4. The maximum Gasteiger partial charge on any atom is 0.256 e. The van der Waals surface area contributed by atoms with Gasteiger partial charge in [0.1, 0.15) is 0 Å². The lowest BCUT2D eigenvalue weighted by Gasteiger charge is -2.14. The molecular weight excluding hydrogens is 374 g/mol. The number of rotatable bonds is 4. The Hall–Kier alpha value is -2.77. The molecule has 144 valence electrons. The molecule has 3 aromatic rings. The van der Waals surface area contributed by atoms with E-state index in [0.717, 1.165) is 41.4 Å². The second-order valence-electron chi connectivity index (χ2n) is 6.92. The summed E-state index contributed by atoms with van der Waals surface area (Å²) in [5.41, 5.74) is 4.46. The number of anilines is 1. The van der Waals surface area contributed by atoms with E-state index in [1.54, 1.807) is 19.1 Å². The van der Waals surface area contributed by atoms with Crippen molar-refractivity contribution in [3.8, 4) is 0 Å². The van der Waals surface area contributed by atoms with Gasteiger partial charge in [-0.2, -0.15) is 0 Å². The Morgan fingerprint density at radius 2 is 1.89 bits per heavy atom. The van der Waals surface area contributed by atoms with Crippen LogP contribution in [0.25, 0.3) is 10.9 Å². The van der Waals surface area contributed by atoms with Gasteiger partial charge < -0.3 is 5.32 Å². The van der Waals surface area contributed by atoms with Gasteiger partial charge >= 0.3 is 0 Å². The highest BCUT2D eigenvalue weighted by molar-refractivity contribution is 7.89. The van der Waals surface area contributed by atoms with Crippen molar-refractivity contribution in [1.82, 2.24) is 9.71 Å². The zero-order valence-corrected chi connectivity index (χ0v) is 16.6. The second-order valence-corrected chi connectivity index (χ2v) is 8.78. The number of amides is 1. The van der Waals surface area contributed by atoms with Gasteiger partial charge in [0.05, 0.1) is 16.0 Å². The van der Waals surface area contributed by atoms with Crippen LogP contribution in [0, 0.1) is 6.92 Å². The van der Waals surface area contributed by atoms with Crippen LogP contribution >= 0.6 is 0 Å². The fraction of sp³-hybridized carbons (Fsp3) is 0.238. The number of nitrogens with one attached hydrogen (secondary N) is 2. The van der Waals surface area contributed by atoms with E-state index >= 15 is 0 Å². The maximum absolute atomic E-state index is 13.2. The Kier molecular flexibility index (Phi) is 4.64. The first-order valence-corrected chi connectivity index (χ1v) is 10.6. The lowest BCUT2D eigenvalue weighted by Crippen LogP contribution is -2.20. The Morgan fingerprint density at radius 3 is 2.68 bits per heavy atom. The highest BCUT2D eigenvalue weighted by Gasteiger charge is 2.24. The fourth-order valence-corrected chi connectivity index (χ4v) is 4.74. The lowest BCUT2D eigenvalue weighted by molar-refractivity contribution is 0.102. The molecule has 28 heavy (non-hydrogen) atoms. The third-order valence-electron chi connectivity index (χ3n) is 5.15. The second kappa shape index (κ2) is 7.00. The van der Waals surface area contributed by atoms with Gasteiger partial charge in [-0.25, -0.2) is 13.1 Å². The number of carbonyl (C=O) groups excluding carboxylic acids is 1. The van der Waals surface area contributed by atoms with E-state index in [1.807, 2.05) is 24.3 Å². The van der Waals surface area contributed by atoms with Crippen LogP contribution in [0.3, 0.4) is 0 Å². The third-order valence-corrected chi connectivity index (χ3v) is 6.71. The molecule has 0 saturated carbocycles. The number of hydrogen-bond donors (Lipinski definition) is 2. The average Bonchev–Trinajstić information content (AvgIpc) is 3.15. The lowest BCUT2D eigenvalue weighted by atomic mass is 10.0. The van der Waals surface area contributed by atoms with Crippen LogP contribution in [0.2, 0.25) is 0 Å². The molecule has 0 fully saturated rings. The van der Waals surface area contributed by atoms with E-state index in [0.29, 0.717) is 16.8 Å². The standard InChI is InChI=1S/C21H21N3O3S/c1-13-10-11-14(12-19(13)28(26,27)22-2)23-21(25)20-15-6-3-4-8-17(15)24-18-9-5-7-16(18)20/h3-4,6,8,10-12,22H,5,7,9H2,1-2H3,(H,23,25). The summed E-state index contributed by atoms with van der Waals surface area (Å²) in [6, 6.07) is 12.5.